The van der Waals surface area contributed by atoms with Crippen molar-refractivity contribution >= 4 is 15.8 Å². The maximum Gasteiger partial charge on any atom is 0.323 e. The highest BCUT2D eigenvalue weighted by Gasteiger charge is 2.34. The predicted molar refractivity (Wildman–Crippen MR) is 83.5 cm³/mol. The predicted octanol–water partition coefficient (Wildman–Crippen LogP) is 1.75. The van der Waals surface area contributed by atoms with E-state index in [0.717, 1.165) is 25.5 Å². The highest BCUT2D eigenvalue weighted by molar-refractivity contribution is 7.90. The average Bonchev–Trinajstić information content (AvgIpc) is 2.34. The molecule has 1 aliphatic carbocycles. The molecule has 4 atom stereocenters. The van der Waals surface area contributed by atoms with Gasteiger partial charge < -0.3 is 10.5 Å². The zero-order valence-electron chi connectivity index (χ0n) is 13.5. The van der Waals surface area contributed by atoms with E-state index in [4.69, 9.17) is 10.5 Å². The number of sulfone groups is 1. The topological polar surface area (TPSA) is 86.5 Å². The van der Waals surface area contributed by atoms with E-state index >= 15 is 0 Å². The monoisotopic (exact) mass is 319 g/mol. The molecule has 1 aliphatic rings. The van der Waals surface area contributed by atoms with E-state index in [-0.39, 0.29) is 18.3 Å². The number of rotatable bonds is 6. The molecule has 0 amide bonds. The summed E-state index contributed by atoms with van der Waals surface area (Å²) in [6.45, 7) is 6.46. The van der Waals surface area contributed by atoms with E-state index in [0.29, 0.717) is 17.8 Å². The number of nitrogens with two attached hydrogens (primary N) is 1. The van der Waals surface area contributed by atoms with Gasteiger partial charge in [-0.1, -0.05) is 27.2 Å². The lowest BCUT2D eigenvalue weighted by atomic mass is 9.75. The van der Waals surface area contributed by atoms with Crippen molar-refractivity contribution < 1.29 is 17.9 Å². The molecular weight excluding hydrogens is 290 g/mol. The van der Waals surface area contributed by atoms with Gasteiger partial charge in [-0.15, -0.1) is 0 Å². The first-order valence-corrected chi connectivity index (χ1v) is 9.80. The van der Waals surface area contributed by atoms with Gasteiger partial charge in [0.25, 0.3) is 0 Å². The van der Waals surface area contributed by atoms with Gasteiger partial charge in [0.1, 0.15) is 22.0 Å². The molecule has 0 heterocycles. The lowest BCUT2D eigenvalue weighted by Crippen LogP contribution is -2.41. The van der Waals surface area contributed by atoms with E-state index in [1.54, 1.807) is 0 Å². The van der Waals surface area contributed by atoms with Crippen molar-refractivity contribution in [3.63, 3.8) is 0 Å². The normalized spacial score (nSPS) is 28.4. The van der Waals surface area contributed by atoms with Gasteiger partial charge in [0, 0.05) is 6.26 Å². The van der Waals surface area contributed by atoms with Crippen LogP contribution in [0.5, 0.6) is 0 Å². The SMILES string of the molecule is CC1CCC(C(C)C)C(OC(=O)C(N)CCS(C)(=O)=O)C1. The molecule has 5 nitrogen and oxygen atoms in total. The van der Waals surface area contributed by atoms with Crippen LogP contribution in [0.15, 0.2) is 0 Å². The maximum atomic E-state index is 12.1. The number of hydrogen-bond donors (Lipinski definition) is 1. The Kier molecular flexibility index (Phi) is 6.66. The molecule has 0 aromatic rings. The van der Waals surface area contributed by atoms with Crippen molar-refractivity contribution in [3.8, 4) is 0 Å². The fourth-order valence-corrected chi connectivity index (χ4v) is 3.63. The highest BCUT2D eigenvalue weighted by Crippen LogP contribution is 2.35. The third kappa shape index (κ3) is 6.34. The van der Waals surface area contributed by atoms with Crippen LogP contribution in [0.3, 0.4) is 0 Å². The average molecular weight is 319 g/mol. The van der Waals surface area contributed by atoms with Crippen molar-refractivity contribution in [3.05, 3.63) is 0 Å². The van der Waals surface area contributed by atoms with Crippen LogP contribution >= 0.6 is 0 Å². The van der Waals surface area contributed by atoms with E-state index in [2.05, 4.69) is 20.8 Å². The Morgan fingerprint density at radius 3 is 2.48 bits per heavy atom. The van der Waals surface area contributed by atoms with Gasteiger partial charge in [-0.2, -0.15) is 0 Å². The molecule has 0 aliphatic heterocycles. The fourth-order valence-electron chi connectivity index (χ4n) is 2.95. The number of esters is 1. The Morgan fingerprint density at radius 1 is 1.33 bits per heavy atom. The third-order valence-corrected chi connectivity index (χ3v) is 5.31. The lowest BCUT2D eigenvalue weighted by Gasteiger charge is -2.37. The molecule has 21 heavy (non-hydrogen) atoms. The molecule has 0 radical (unpaired) electrons. The molecule has 0 spiro atoms. The quantitative estimate of drug-likeness (QED) is 0.754. The van der Waals surface area contributed by atoms with Crippen LogP contribution in [0.4, 0.5) is 0 Å². The Hall–Kier alpha value is -0.620. The number of ether oxygens (including phenoxy) is 1. The van der Waals surface area contributed by atoms with Gasteiger partial charge in [-0.25, -0.2) is 8.42 Å². The van der Waals surface area contributed by atoms with Crippen LogP contribution in [-0.2, 0) is 19.4 Å². The van der Waals surface area contributed by atoms with Crippen LogP contribution < -0.4 is 5.73 Å². The minimum Gasteiger partial charge on any atom is -0.461 e. The van der Waals surface area contributed by atoms with Crippen LogP contribution in [0.25, 0.3) is 0 Å². The van der Waals surface area contributed by atoms with Crippen molar-refractivity contribution in [2.45, 2.75) is 58.6 Å². The molecule has 0 bridgehead atoms. The molecule has 0 aromatic heterocycles. The molecule has 6 heteroatoms. The summed E-state index contributed by atoms with van der Waals surface area (Å²) in [7, 11) is -3.11. The van der Waals surface area contributed by atoms with E-state index in [9.17, 15) is 13.2 Å². The number of hydrogen-bond acceptors (Lipinski definition) is 5. The van der Waals surface area contributed by atoms with Crippen LogP contribution in [0, 0.1) is 17.8 Å². The second-order valence-electron chi connectivity index (χ2n) is 6.83. The molecule has 124 valence electrons. The summed E-state index contributed by atoms with van der Waals surface area (Å²) in [5.41, 5.74) is 5.76. The smallest absolute Gasteiger partial charge is 0.323 e. The summed E-state index contributed by atoms with van der Waals surface area (Å²) in [6.07, 6.45) is 4.26. The van der Waals surface area contributed by atoms with E-state index in [1.807, 2.05) is 0 Å². The van der Waals surface area contributed by atoms with E-state index < -0.39 is 21.8 Å². The minimum atomic E-state index is -3.11. The molecular formula is C15H29NO4S. The first kappa shape index (κ1) is 18.4. The van der Waals surface area contributed by atoms with Crippen LogP contribution in [-0.4, -0.2) is 38.5 Å². The summed E-state index contributed by atoms with van der Waals surface area (Å²) < 4.78 is 27.9. The van der Waals surface area contributed by atoms with Crippen molar-refractivity contribution in [2.24, 2.45) is 23.5 Å². The molecule has 0 saturated heterocycles. The molecule has 2 N–H and O–H groups in total. The molecule has 4 unspecified atom stereocenters. The highest BCUT2D eigenvalue weighted by atomic mass is 32.2. The second kappa shape index (κ2) is 7.58. The van der Waals surface area contributed by atoms with Crippen molar-refractivity contribution in [1.82, 2.24) is 0 Å². The summed E-state index contributed by atoms with van der Waals surface area (Å²) in [5.74, 6) is 0.820. The lowest BCUT2D eigenvalue weighted by molar-refractivity contribution is -0.157. The van der Waals surface area contributed by atoms with Crippen molar-refractivity contribution in [1.29, 1.82) is 0 Å². The van der Waals surface area contributed by atoms with Gasteiger partial charge in [-0.05, 0) is 37.0 Å². The van der Waals surface area contributed by atoms with E-state index in [1.165, 1.54) is 0 Å². The molecule has 1 saturated carbocycles. The standard InChI is InChI=1S/C15H29NO4S/c1-10(2)12-6-5-11(3)9-14(12)20-15(17)13(16)7-8-21(4,18)19/h10-14H,5-9,16H2,1-4H3. The van der Waals surface area contributed by atoms with Crippen LogP contribution in [0.2, 0.25) is 0 Å². The Bertz CT molecular complexity index is 447. The summed E-state index contributed by atoms with van der Waals surface area (Å²) in [5, 5.41) is 0. The second-order valence-corrected chi connectivity index (χ2v) is 9.09. The molecule has 1 rings (SSSR count). The summed E-state index contributed by atoms with van der Waals surface area (Å²) in [6, 6.07) is -0.857. The number of carbonyl (C=O) groups is 1. The van der Waals surface area contributed by atoms with Gasteiger partial charge in [0.05, 0.1) is 5.75 Å². The minimum absolute atomic E-state index is 0.0854. The first-order chi connectivity index (χ1) is 9.60. The van der Waals surface area contributed by atoms with Crippen molar-refractivity contribution in [2.75, 3.05) is 12.0 Å². The zero-order chi connectivity index (χ0) is 16.2. The first-order valence-electron chi connectivity index (χ1n) is 7.74. The number of carbonyl (C=O) groups excluding carboxylic acids is 1. The third-order valence-electron chi connectivity index (χ3n) is 4.33. The molecule has 1 fully saturated rings. The fraction of sp³-hybridized carbons (Fsp3) is 0.933. The summed E-state index contributed by atoms with van der Waals surface area (Å²) in [4.78, 5) is 12.1. The Balaban J connectivity index is 2.57. The Morgan fingerprint density at radius 2 is 1.95 bits per heavy atom. The van der Waals surface area contributed by atoms with Gasteiger partial charge in [-0.3, -0.25) is 4.79 Å². The van der Waals surface area contributed by atoms with Crippen LogP contribution in [0.1, 0.15) is 46.5 Å². The van der Waals surface area contributed by atoms with Gasteiger partial charge in [0.2, 0.25) is 0 Å². The maximum absolute atomic E-state index is 12.1. The Labute approximate surface area is 128 Å². The van der Waals surface area contributed by atoms with Gasteiger partial charge >= 0.3 is 5.97 Å². The molecule has 0 aromatic carbocycles. The van der Waals surface area contributed by atoms with Gasteiger partial charge in [0.15, 0.2) is 0 Å². The zero-order valence-corrected chi connectivity index (χ0v) is 14.4. The summed E-state index contributed by atoms with van der Waals surface area (Å²) >= 11 is 0. The largest absolute Gasteiger partial charge is 0.461 e.